The van der Waals surface area contributed by atoms with E-state index in [1.807, 2.05) is 60.7 Å². The lowest BCUT2D eigenvalue weighted by atomic mass is 10.1. The zero-order valence-corrected chi connectivity index (χ0v) is 20.5. The summed E-state index contributed by atoms with van der Waals surface area (Å²) in [5, 5.41) is 0. The predicted octanol–water partition coefficient (Wildman–Crippen LogP) is 4.98. The Bertz CT molecular complexity index is 1360. The molecule has 0 fully saturated rings. The molecule has 0 atom stereocenters. The van der Waals surface area contributed by atoms with Crippen LogP contribution in [0, 0.1) is 23.7 Å². The van der Waals surface area contributed by atoms with Gasteiger partial charge in [0.15, 0.2) is 0 Å². The summed E-state index contributed by atoms with van der Waals surface area (Å²) in [5.74, 6) is 15.3. The van der Waals surface area contributed by atoms with E-state index in [2.05, 4.69) is 33.6 Å². The second-order valence-electron chi connectivity index (χ2n) is 7.50. The van der Waals surface area contributed by atoms with Crippen LogP contribution in [0.2, 0.25) is 0 Å². The van der Waals surface area contributed by atoms with Crippen molar-refractivity contribution in [3.63, 3.8) is 0 Å². The van der Waals surface area contributed by atoms with Crippen molar-refractivity contribution in [3.8, 4) is 58.1 Å². The highest BCUT2D eigenvalue weighted by Gasteiger charge is 2.04. The number of benzene rings is 2. The minimum Gasteiger partial charge on any atom is -0.497 e. The Morgan fingerprint density at radius 2 is 0.944 bits per heavy atom. The van der Waals surface area contributed by atoms with E-state index in [9.17, 15) is 0 Å². The summed E-state index contributed by atoms with van der Waals surface area (Å²) in [4.78, 5) is 9.03. The Morgan fingerprint density at radius 3 is 1.28 bits per heavy atom. The van der Waals surface area contributed by atoms with Crippen molar-refractivity contribution in [2.75, 3.05) is 28.4 Å². The largest absolute Gasteiger partial charge is 0.497 e. The fourth-order valence-corrected chi connectivity index (χ4v) is 3.34. The van der Waals surface area contributed by atoms with E-state index < -0.39 is 0 Å². The standard InChI is InChI=1S/C30H24N2O4/c1-33-25-11-15-29(35-3)23(17-25)9-5-21-7-13-27(31-19-21)28-14-8-22(20-32-28)6-10-24-18-26(34-2)12-16-30(24)36-4/h7-8,11-20H,1-4H3. The Labute approximate surface area is 210 Å². The monoisotopic (exact) mass is 476 g/mol. The number of hydrogen-bond donors (Lipinski definition) is 0. The Kier molecular flexibility index (Phi) is 7.70. The zero-order valence-electron chi connectivity index (χ0n) is 20.5. The molecule has 36 heavy (non-hydrogen) atoms. The average molecular weight is 477 g/mol. The fourth-order valence-electron chi connectivity index (χ4n) is 3.34. The van der Waals surface area contributed by atoms with E-state index in [0.717, 1.165) is 45.1 Å². The lowest BCUT2D eigenvalue weighted by Crippen LogP contribution is -1.91. The first kappa shape index (κ1) is 24.2. The number of nitrogens with zero attached hydrogens (tertiary/aromatic N) is 2. The summed E-state index contributed by atoms with van der Waals surface area (Å²) in [6, 6.07) is 18.6. The molecule has 6 heteroatoms. The van der Waals surface area contributed by atoms with Crippen LogP contribution in [0.3, 0.4) is 0 Å². The fraction of sp³-hybridized carbons (Fsp3) is 0.133. The van der Waals surface area contributed by atoms with Crippen molar-refractivity contribution < 1.29 is 18.9 Å². The van der Waals surface area contributed by atoms with Crippen molar-refractivity contribution in [3.05, 3.63) is 95.3 Å². The molecule has 0 saturated carbocycles. The molecule has 0 aliphatic heterocycles. The molecule has 6 nitrogen and oxygen atoms in total. The number of rotatable bonds is 5. The summed E-state index contributed by atoms with van der Waals surface area (Å²) in [6.07, 6.45) is 3.44. The minimum atomic E-state index is 0.685. The van der Waals surface area contributed by atoms with Crippen LogP contribution in [0.1, 0.15) is 22.3 Å². The molecule has 4 rings (SSSR count). The van der Waals surface area contributed by atoms with E-state index in [1.54, 1.807) is 40.8 Å². The third-order valence-corrected chi connectivity index (χ3v) is 5.29. The van der Waals surface area contributed by atoms with E-state index in [1.165, 1.54) is 0 Å². The second kappa shape index (κ2) is 11.5. The summed E-state index contributed by atoms with van der Waals surface area (Å²) in [6.45, 7) is 0. The van der Waals surface area contributed by atoms with Gasteiger partial charge < -0.3 is 18.9 Å². The number of aromatic nitrogens is 2. The van der Waals surface area contributed by atoms with Crippen LogP contribution in [0.15, 0.2) is 73.1 Å². The highest BCUT2D eigenvalue weighted by atomic mass is 16.5. The van der Waals surface area contributed by atoms with Gasteiger partial charge in [-0.05, 0) is 60.7 Å². The molecular weight excluding hydrogens is 452 g/mol. The van der Waals surface area contributed by atoms with Gasteiger partial charge in [-0.15, -0.1) is 0 Å². The van der Waals surface area contributed by atoms with Crippen LogP contribution in [0.25, 0.3) is 11.4 Å². The molecule has 2 aromatic carbocycles. The molecule has 0 unspecified atom stereocenters. The van der Waals surface area contributed by atoms with Crippen molar-refractivity contribution in [2.45, 2.75) is 0 Å². The van der Waals surface area contributed by atoms with Gasteiger partial charge in [-0.3, -0.25) is 9.97 Å². The van der Waals surface area contributed by atoms with Crippen molar-refractivity contribution in [1.29, 1.82) is 0 Å². The maximum atomic E-state index is 5.38. The predicted molar refractivity (Wildman–Crippen MR) is 139 cm³/mol. The number of methoxy groups -OCH3 is 4. The number of hydrogen-bond acceptors (Lipinski definition) is 6. The van der Waals surface area contributed by atoms with Crippen molar-refractivity contribution in [2.24, 2.45) is 0 Å². The van der Waals surface area contributed by atoms with Crippen LogP contribution in [0.4, 0.5) is 0 Å². The maximum Gasteiger partial charge on any atom is 0.134 e. The topological polar surface area (TPSA) is 62.7 Å². The molecule has 0 saturated heterocycles. The average Bonchev–Trinajstić information content (AvgIpc) is 2.95. The van der Waals surface area contributed by atoms with Gasteiger partial charge in [0.2, 0.25) is 0 Å². The Balaban J connectivity index is 1.50. The molecule has 0 bridgehead atoms. The first-order chi connectivity index (χ1) is 17.6. The molecule has 0 aliphatic carbocycles. The highest BCUT2D eigenvalue weighted by molar-refractivity contribution is 5.58. The summed E-state index contributed by atoms with van der Waals surface area (Å²) in [7, 11) is 6.46. The number of ether oxygens (including phenoxy) is 4. The van der Waals surface area contributed by atoms with Gasteiger partial charge in [0.25, 0.3) is 0 Å². The first-order valence-electron chi connectivity index (χ1n) is 11.0. The van der Waals surface area contributed by atoms with Crippen LogP contribution < -0.4 is 18.9 Å². The minimum absolute atomic E-state index is 0.685. The third kappa shape index (κ3) is 5.75. The van der Waals surface area contributed by atoms with Crippen LogP contribution in [0.5, 0.6) is 23.0 Å². The molecule has 178 valence electrons. The Morgan fingerprint density at radius 1 is 0.500 bits per heavy atom. The molecule has 2 aromatic heterocycles. The van der Waals surface area contributed by atoms with E-state index in [4.69, 9.17) is 18.9 Å². The third-order valence-electron chi connectivity index (χ3n) is 5.29. The lowest BCUT2D eigenvalue weighted by molar-refractivity contribution is 0.402. The number of pyridine rings is 2. The molecule has 0 N–H and O–H groups in total. The summed E-state index contributed by atoms with van der Waals surface area (Å²) >= 11 is 0. The maximum absolute atomic E-state index is 5.38. The summed E-state index contributed by atoms with van der Waals surface area (Å²) in [5.41, 5.74) is 4.52. The normalized spacial score (nSPS) is 9.78. The molecule has 2 heterocycles. The quantitative estimate of drug-likeness (QED) is 0.379. The molecule has 0 radical (unpaired) electrons. The second-order valence-corrected chi connectivity index (χ2v) is 7.50. The van der Waals surface area contributed by atoms with Gasteiger partial charge >= 0.3 is 0 Å². The SMILES string of the molecule is COc1ccc(OC)c(C#Cc2ccc(-c3ccc(C#Cc4cc(OC)ccc4OC)cn3)nc2)c1. The van der Waals surface area contributed by atoms with Gasteiger partial charge in [0.1, 0.15) is 23.0 Å². The summed E-state index contributed by atoms with van der Waals surface area (Å²) < 4.78 is 21.3. The van der Waals surface area contributed by atoms with Gasteiger partial charge in [0, 0.05) is 23.5 Å². The van der Waals surface area contributed by atoms with Crippen molar-refractivity contribution >= 4 is 0 Å². The molecular formula is C30H24N2O4. The Hall–Kier alpha value is -4.94. The van der Waals surface area contributed by atoms with E-state index in [-0.39, 0.29) is 0 Å². The van der Waals surface area contributed by atoms with Gasteiger partial charge in [0.05, 0.1) is 51.0 Å². The lowest BCUT2D eigenvalue weighted by Gasteiger charge is -2.05. The van der Waals surface area contributed by atoms with Crippen LogP contribution in [-0.2, 0) is 0 Å². The van der Waals surface area contributed by atoms with Gasteiger partial charge in [-0.1, -0.05) is 23.7 Å². The van der Waals surface area contributed by atoms with E-state index >= 15 is 0 Å². The molecule has 0 spiro atoms. The van der Waals surface area contributed by atoms with Crippen LogP contribution >= 0.6 is 0 Å². The molecule has 4 aromatic rings. The zero-order chi connectivity index (χ0) is 25.3. The van der Waals surface area contributed by atoms with Gasteiger partial charge in [-0.25, -0.2) is 0 Å². The molecule has 0 aliphatic rings. The first-order valence-corrected chi connectivity index (χ1v) is 11.0. The van der Waals surface area contributed by atoms with Crippen molar-refractivity contribution in [1.82, 2.24) is 9.97 Å². The van der Waals surface area contributed by atoms with Gasteiger partial charge in [-0.2, -0.15) is 0 Å². The molecule has 0 amide bonds. The highest BCUT2D eigenvalue weighted by Crippen LogP contribution is 2.24. The smallest absolute Gasteiger partial charge is 0.134 e. The van der Waals surface area contributed by atoms with E-state index in [0.29, 0.717) is 11.5 Å². The van der Waals surface area contributed by atoms with Crippen LogP contribution in [-0.4, -0.2) is 38.4 Å².